The molecule has 2 rings (SSSR count). The molecule has 0 spiro atoms. The summed E-state index contributed by atoms with van der Waals surface area (Å²) in [5.41, 5.74) is 6.67. The Morgan fingerprint density at radius 1 is 1.11 bits per heavy atom. The zero-order chi connectivity index (χ0) is 13.9. The summed E-state index contributed by atoms with van der Waals surface area (Å²) in [4.78, 5) is 8.11. The lowest BCUT2D eigenvalue weighted by atomic mass is 10.1. The van der Waals surface area contributed by atoms with Gasteiger partial charge in [0.2, 0.25) is 0 Å². The smallest absolute Gasteiger partial charge is 0.406 e. The van der Waals surface area contributed by atoms with Crippen LogP contribution in [0.1, 0.15) is 5.82 Å². The highest BCUT2D eigenvalue weighted by Crippen LogP contribution is 2.25. The van der Waals surface area contributed by atoms with Gasteiger partial charge in [-0.2, -0.15) is 0 Å². The Morgan fingerprint density at radius 2 is 1.79 bits per heavy atom. The molecule has 2 N–H and O–H groups in total. The normalized spacial score (nSPS) is 11.4. The van der Waals surface area contributed by atoms with Crippen LogP contribution in [0.5, 0.6) is 5.75 Å². The largest absolute Gasteiger partial charge is 0.573 e. The number of rotatable bonds is 3. The Hall–Kier alpha value is -2.15. The number of benzene rings is 1. The Kier molecular flexibility index (Phi) is 3.66. The molecule has 0 saturated heterocycles. The summed E-state index contributed by atoms with van der Waals surface area (Å²) >= 11 is 0. The van der Waals surface area contributed by atoms with Crippen molar-refractivity contribution in [3.8, 4) is 17.0 Å². The van der Waals surface area contributed by atoms with Crippen LogP contribution < -0.4 is 10.5 Å². The van der Waals surface area contributed by atoms with Gasteiger partial charge in [0, 0.05) is 11.8 Å². The van der Waals surface area contributed by atoms with E-state index in [-0.39, 0.29) is 12.3 Å². The highest BCUT2D eigenvalue weighted by Gasteiger charge is 2.30. The van der Waals surface area contributed by atoms with E-state index in [1.54, 1.807) is 12.3 Å². The molecule has 0 radical (unpaired) electrons. The van der Waals surface area contributed by atoms with Gasteiger partial charge in [-0.1, -0.05) is 0 Å². The number of halogens is 3. The molecule has 0 aliphatic rings. The predicted octanol–water partition coefficient (Wildman–Crippen LogP) is 2.50. The first-order valence-electron chi connectivity index (χ1n) is 5.36. The molecule has 100 valence electrons. The summed E-state index contributed by atoms with van der Waals surface area (Å²) < 4.78 is 39.8. The molecule has 2 aromatic rings. The SMILES string of the molecule is NCc1nccc(-c2ccc(OC(F)(F)F)cc2)n1. The van der Waals surface area contributed by atoms with E-state index in [2.05, 4.69) is 14.7 Å². The number of nitrogens with two attached hydrogens (primary N) is 1. The van der Waals surface area contributed by atoms with Crippen LogP contribution in [0.4, 0.5) is 13.2 Å². The van der Waals surface area contributed by atoms with E-state index in [9.17, 15) is 13.2 Å². The van der Waals surface area contributed by atoms with Crippen molar-refractivity contribution in [2.24, 2.45) is 5.73 Å². The number of nitrogens with zero attached hydrogens (tertiary/aromatic N) is 2. The van der Waals surface area contributed by atoms with Gasteiger partial charge in [0.25, 0.3) is 0 Å². The van der Waals surface area contributed by atoms with E-state index in [1.165, 1.54) is 24.3 Å². The zero-order valence-corrected chi connectivity index (χ0v) is 9.69. The second-order valence-corrected chi connectivity index (χ2v) is 3.63. The first-order chi connectivity index (χ1) is 8.98. The molecule has 19 heavy (non-hydrogen) atoms. The highest BCUT2D eigenvalue weighted by atomic mass is 19.4. The Labute approximate surface area is 107 Å². The second-order valence-electron chi connectivity index (χ2n) is 3.63. The fraction of sp³-hybridized carbons (Fsp3) is 0.167. The molecule has 0 amide bonds. The number of hydrogen-bond donors (Lipinski definition) is 1. The molecule has 0 fully saturated rings. The van der Waals surface area contributed by atoms with Gasteiger partial charge >= 0.3 is 6.36 Å². The van der Waals surface area contributed by atoms with Crippen molar-refractivity contribution in [2.75, 3.05) is 0 Å². The van der Waals surface area contributed by atoms with E-state index >= 15 is 0 Å². The van der Waals surface area contributed by atoms with E-state index < -0.39 is 6.36 Å². The van der Waals surface area contributed by atoms with Crippen LogP contribution in [0.15, 0.2) is 36.5 Å². The van der Waals surface area contributed by atoms with Crippen LogP contribution in [0.25, 0.3) is 11.3 Å². The van der Waals surface area contributed by atoms with Crippen molar-refractivity contribution < 1.29 is 17.9 Å². The molecule has 0 atom stereocenters. The molecule has 4 nitrogen and oxygen atoms in total. The van der Waals surface area contributed by atoms with Crippen LogP contribution in [0, 0.1) is 0 Å². The Bertz CT molecular complexity index is 555. The van der Waals surface area contributed by atoms with Crippen molar-refractivity contribution in [1.82, 2.24) is 9.97 Å². The average Bonchev–Trinajstić information content (AvgIpc) is 2.38. The quantitative estimate of drug-likeness (QED) is 0.930. The molecule has 1 aromatic carbocycles. The third kappa shape index (κ3) is 3.65. The van der Waals surface area contributed by atoms with Crippen molar-refractivity contribution in [2.45, 2.75) is 12.9 Å². The highest BCUT2D eigenvalue weighted by molar-refractivity contribution is 5.59. The Morgan fingerprint density at radius 3 is 2.37 bits per heavy atom. The predicted molar refractivity (Wildman–Crippen MR) is 62.0 cm³/mol. The van der Waals surface area contributed by atoms with Gasteiger partial charge in [0.05, 0.1) is 12.2 Å². The van der Waals surface area contributed by atoms with Gasteiger partial charge in [0.1, 0.15) is 11.6 Å². The minimum absolute atomic E-state index is 0.198. The van der Waals surface area contributed by atoms with E-state index in [1.807, 2.05) is 0 Å². The number of hydrogen-bond acceptors (Lipinski definition) is 4. The van der Waals surface area contributed by atoms with Gasteiger partial charge < -0.3 is 10.5 Å². The van der Waals surface area contributed by atoms with Gasteiger partial charge in [-0.05, 0) is 30.3 Å². The lowest BCUT2D eigenvalue weighted by Gasteiger charge is -2.09. The van der Waals surface area contributed by atoms with Crippen LogP contribution in [-0.2, 0) is 6.54 Å². The third-order valence-corrected chi connectivity index (χ3v) is 2.27. The van der Waals surface area contributed by atoms with Gasteiger partial charge in [-0.3, -0.25) is 0 Å². The van der Waals surface area contributed by atoms with Crippen LogP contribution in [0.2, 0.25) is 0 Å². The number of alkyl halides is 3. The fourth-order valence-electron chi connectivity index (χ4n) is 1.49. The first-order valence-corrected chi connectivity index (χ1v) is 5.36. The summed E-state index contributed by atoms with van der Waals surface area (Å²) in [6.07, 6.45) is -3.15. The topological polar surface area (TPSA) is 61.0 Å². The van der Waals surface area contributed by atoms with Crippen LogP contribution in [-0.4, -0.2) is 16.3 Å². The summed E-state index contributed by atoms with van der Waals surface area (Å²) in [6, 6.07) is 7.09. The van der Waals surface area contributed by atoms with Crippen LogP contribution in [0.3, 0.4) is 0 Å². The van der Waals surface area contributed by atoms with Gasteiger partial charge in [-0.25, -0.2) is 9.97 Å². The lowest BCUT2D eigenvalue weighted by Crippen LogP contribution is -2.16. The molecule has 7 heteroatoms. The molecular weight excluding hydrogens is 259 g/mol. The molecule has 1 heterocycles. The monoisotopic (exact) mass is 269 g/mol. The van der Waals surface area contributed by atoms with Crippen LogP contribution >= 0.6 is 0 Å². The zero-order valence-electron chi connectivity index (χ0n) is 9.69. The van der Waals surface area contributed by atoms with Gasteiger partial charge in [-0.15, -0.1) is 13.2 Å². The summed E-state index contributed by atoms with van der Waals surface area (Å²) in [5, 5.41) is 0. The third-order valence-electron chi connectivity index (χ3n) is 2.27. The maximum atomic E-state index is 12.0. The van der Waals surface area contributed by atoms with Crippen molar-refractivity contribution >= 4 is 0 Å². The minimum atomic E-state index is -4.69. The van der Waals surface area contributed by atoms with Crippen molar-refractivity contribution in [1.29, 1.82) is 0 Å². The first kappa shape index (κ1) is 13.3. The van der Waals surface area contributed by atoms with Crippen molar-refractivity contribution in [3.05, 3.63) is 42.4 Å². The van der Waals surface area contributed by atoms with Crippen molar-refractivity contribution in [3.63, 3.8) is 0 Å². The fourth-order valence-corrected chi connectivity index (χ4v) is 1.49. The average molecular weight is 269 g/mol. The number of aromatic nitrogens is 2. The number of ether oxygens (including phenoxy) is 1. The molecule has 1 aromatic heterocycles. The molecule has 0 saturated carbocycles. The standard InChI is InChI=1S/C12H10F3N3O/c13-12(14,15)19-9-3-1-8(2-4-9)10-5-6-17-11(7-16)18-10/h1-6H,7,16H2. The maximum absolute atomic E-state index is 12.0. The lowest BCUT2D eigenvalue weighted by molar-refractivity contribution is -0.274. The maximum Gasteiger partial charge on any atom is 0.573 e. The minimum Gasteiger partial charge on any atom is -0.406 e. The second kappa shape index (κ2) is 5.23. The van der Waals surface area contributed by atoms with E-state index in [0.29, 0.717) is 17.1 Å². The molecule has 0 aliphatic heterocycles. The van der Waals surface area contributed by atoms with E-state index in [0.717, 1.165) is 0 Å². The summed E-state index contributed by atoms with van der Waals surface area (Å²) in [6.45, 7) is 0.198. The van der Waals surface area contributed by atoms with E-state index in [4.69, 9.17) is 5.73 Å². The summed E-state index contributed by atoms with van der Waals surface area (Å²) in [7, 11) is 0. The molecule has 0 unspecified atom stereocenters. The molecule has 0 bridgehead atoms. The summed E-state index contributed by atoms with van der Waals surface area (Å²) in [5.74, 6) is 0.192. The van der Waals surface area contributed by atoms with Gasteiger partial charge in [0.15, 0.2) is 0 Å². The molecular formula is C12H10F3N3O. The Balaban J connectivity index is 2.22. The molecule has 0 aliphatic carbocycles.